The molecule has 0 unspecified atom stereocenters. The van der Waals surface area contributed by atoms with Crippen molar-refractivity contribution in [3.63, 3.8) is 0 Å². The molecule has 3 heteroatoms. The monoisotopic (exact) mass is 296 g/mol. The fourth-order valence-electron chi connectivity index (χ4n) is 1.51. The molecule has 0 saturated carbocycles. The molecule has 2 rings (SSSR count). The molecular formula is C14H11O2Rb. The maximum atomic E-state index is 11.4. The van der Waals surface area contributed by atoms with Crippen LogP contribution in [-0.4, -0.2) is 0 Å². The van der Waals surface area contributed by atoms with Gasteiger partial charge in [-0.15, -0.1) is 0 Å². The predicted molar refractivity (Wildman–Crippen MR) is 62.3 cm³/mol. The number of hydrogen-bond donors (Lipinski definition) is 0. The minimum Gasteiger partial charge on any atom is -0.870 e. The summed E-state index contributed by atoms with van der Waals surface area (Å²) in [4.78, 5) is 11.1. The number of benzene rings is 1. The van der Waals surface area contributed by atoms with Gasteiger partial charge in [-0.2, -0.15) is 0 Å². The van der Waals surface area contributed by atoms with Crippen molar-refractivity contribution in [3.05, 3.63) is 64.3 Å². The fraction of sp³-hybridized carbons (Fsp3) is 0.0714. The van der Waals surface area contributed by atoms with E-state index in [0.717, 1.165) is 16.7 Å². The third-order valence-electron chi connectivity index (χ3n) is 2.44. The zero-order chi connectivity index (χ0) is 11.5. The zero-order valence-corrected chi connectivity index (χ0v) is 14.9. The molecule has 0 aromatic heterocycles. The van der Waals surface area contributed by atoms with Gasteiger partial charge < -0.3 is 5.11 Å². The van der Waals surface area contributed by atoms with Crippen LogP contribution in [0.1, 0.15) is 5.56 Å². The molecule has 0 N–H and O–H groups in total. The summed E-state index contributed by atoms with van der Waals surface area (Å²) in [6.07, 6.45) is 0. The average molecular weight is 297 g/mol. The molecule has 80 valence electrons. The van der Waals surface area contributed by atoms with Gasteiger partial charge in [0, 0.05) is 0 Å². The van der Waals surface area contributed by atoms with Crippen LogP contribution in [0.2, 0.25) is 0 Å². The summed E-state index contributed by atoms with van der Waals surface area (Å²) >= 11 is 0. The maximum Gasteiger partial charge on any atom is 1.00 e. The molecule has 0 saturated heterocycles. The fourth-order valence-corrected chi connectivity index (χ4v) is 1.51. The molecular weight excluding hydrogens is 286 g/mol. The van der Waals surface area contributed by atoms with Gasteiger partial charge in [0.2, 0.25) is 0 Å². The van der Waals surface area contributed by atoms with Gasteiger partial charge in [-0.05, 0) is 24.1 Å². The Kier molecular flexibility index (Phi) is 5.73. The third-order valence-corrected chi connectivity index (χ3v) is 2.44. The van der Waals surface area contributed by atoms with Gasteiger partial charge in [-0.25, -0.2) is 0 Å². The topological polar surface area (TPSA) is 40.1 Å². The molecule has 0 fully saturated rings. The summed E-state index contributed by atoms with van der Waals surface area (Å²) in [6.45, 7) is 2.00. The van der Waals surface area contributed by atoms with E-state index < -0.39 is 11.2 Å². The molecule has 2 aromatic carbocycles. The van der Waals surface area contributed by atoms with Crippen molar-refractivity contribution in [2.75, 3.05) is 0 Å². The minimum atomic E-state index is -0.474. The van der Waals surface area contributed by atoms with E-state index in [4.69, 9.17) is 0 Å². The van der Waals surface area contributed by atoms with E-state index in [2.05, 4.69) is 0 Å². The quantitative estimate of drug-likeness (QED) is 0.684. The molecule has 2 nitrogen and oxygen atoms in total. The number of hydrogen-bond acceptors (Lipinski definition) is 2. The zero-order valence-electron chi connectivity index (χ0n) is 9.94. The van der Waals surface area contributed by atoms with Crippen LogP contribution in [0, 0.1) is 6.92 Å². The van der Waals surface area contributed by atoms with E-state index in [1.165, 1.54) is 12.1 Å². The Bertz CT molecular complexity index is 562. The van der Waals surface area contributed by atoms with Gasteiger partial charge in [0.25, 0.3) is 0 Å². The average Bonchev–Trinajstić information content (AvgIpc) is 2.43. The molecule has 0 radical (unpaired) electrons. The molecule has 0 bridgehead atoms. The first kappa shape index (κ1) is 14.8. The summed E-state index contributed by atoms with van der Waals surface area (Å²) in [5.74, 6) is -0.472. The van der Waals surface area contributed by atoms with Crippen molar-refractivity contribution in [1.29, 1.82) is 0 Å². The van der Waals surface area contributed by atoms with E-state index in [-0.39, 0.29) is 58.2 Å². The predicted octanol–water partition coefficient (Wildman–Crippen LogP) is -0.900. The van der Waals surface area contributed by atoms with Crippen molar-refractivity contribution in [3.8, 4) is 16.9 Å². The van der Waals surface area contributed by atoms with Crippen LogP contribution < -0.4 is 68.7 Å². The second-order valence-electron chi connectivity index (χ2n) is 3.72. The Balaban J connectivity index is 0.00000144. The summed E-state index contributed by atoms with van der Waals surface area (Å²) in [5, 5.41) is 11.4. The standard InChI is InChI=1S/C14H12O2.Rb/c1-10-5-7-11(8-6-10)12-3-2-4-13(15)14(16)9-12;/h2-9H,1H3,(H,15,16);/q;+1/p-1. The Morgan fingerprint density at radius 2 is 1.59 bits per heavy atom. The summed E-state index contributed by atoms with van der Waals surface area (Å²) in [6, 6.07) is 13.9. The van der Waals surface area contributed by atoms with Crippen LogP contribution in [0.15, 0.2) is 53.3 Å². The molecule has 17 heavy (non-hydrogen) atoms. The third kappa shape index (κ3) is 3.85. The van der Waals surface area contributed by atoms with Crippen molar-refractivity contribution >= 4 is 0 Å². The van der Waals surface area contributed by atoms with Crippen LogP contribution in [0.25, 0.3) is 11.1 Å². The van der Waals surface area contributed by atoms with Crippen LogP contribution in [0.3, 0.4) is 0 Å². The molecule has 2 aromatic rings. The van der Waals surface area contributed by atoms with E-state index in [1.54, 1.807) is 12.1 Å². The molecule has 0 heterocycles. The van der Waals surface area contributed by atoms with Crippen LogP contribution >= 0.6 is 0 Å². The summed E-state index contributed by atoms with van der Waals surface area (Å²) in [7, 11) is 0. The summed E-state index contributed by atoms with van der Waals surface area (Å²) in [5.41, 5.74) is 2.40. The Morgan fingerprint density at radius 3 is 2.24 bits per heavy atom. The largest absolute Gasteiger partial charge is 1.00 e. The Morgan fingerprint density at radius 1 is 0.941 bits per heavy atom. The van der Waals surface area contributed by atoms with E-state index in [1.807, 2.05) is 31.2 Å². The molecule has 0 aliphatic rings. The van der Waals surface area contributed by atoms with Crippen molar-refractivity contribution in [2.24, 2.45) is 0 Å². The van der Waals surface area contributed by atoms with Gasteiger partial charge in [0.1, 0.15) is 0 Å². The van der Waals surface area contributed by atoms with Crippen molar-refractivity contribution in [2.45, 2.75) is 6.92 Å². The smallest absolute Gasteiger partial charge is 0.870 e. The first-order chi connectivity index (χ1) is 7.66. The molecule has 0 atom stereocenters. The van der Waals surface area contributed by atoms with Crippen molar-refractivity contribution < 1.29 is 63.3 Å². The van der Waals surface area contributed by atoms with Gasteiger partial charge >= 0.3 is 58.2 Å². The van der Waals surface area contributed by atoms with E-state index in [9.17, 15) is 9.90 Å². The molecule has 0 aliphatic carbocycles. The van der Waals surface area contributed by atoms with Gasteiger partial charge in [0.15, 0.2) is 5.43 Å². The first-order valence-corrected chi connectivity index (χ1v) is 5.05. The number of aryl methyl sites for hydroxylation is 1. The molecule has 0 spiro atoms. The molecule has 0 amide bonds. The second-order valence-corrected chi connectivity index (χ2v) is 3.72. The van der Waals surface area contributed by atoms with Crippen LogP contribution in [0.5, 0.6) is 5.75 Å². The van der Waals surface area contributed by atoms with Gasteiger partial charge in [-0.3, -0.25) is 4.79 Å². The summed E-state index contributed by atoms with van der Waals surface area (Å²) < 4.78 is 0. The Labute approximate surface area is 149 Å². The Hall–Kier alpha value is -0.285. The normalized spacial score (nSPS) is 9.47. The first-order valence-electron chi connectivity index (χ1n) is 5.05. The SMILES string of the molecule is Cc1ccc(-c2cccc(=O)c([O-])c2)cc1.[Rb+]. The molecule has 0 aliphatic heterocycles. The van der Waals surface area contributed by atoms with E-state index >= 15 is 0 Å². The van der Waals surface area contributed by atoms with Crippen molar-refractivity contribution in [1.82, 2.24) is 0 Å². The van der Waals surface area contributed by atoms with Gasteiger partial charge in [-0.1, -0.05) is 53.8 Å². The van der Waals surface area contributed by atoms with E-state index in [0.29, 0.717) is 0 Å². The minimum absolute atomic E-state index is 0. The second kappa shape index (κ2) is 6.60. The maximum absolute atomic E-state index is 11.4. The van der Waals surface area contributed by atoms with Crippen LogP contribution in [-0.2, 0) is 0 Å². The number of rotatable bonds is 1. The van der Waals surface area contributed by atoms with Gasteiger partial charge in [0.05, 0.1) is 0 Å². The van der Waals surface area contributed by atoms with Crippen LogP contribution in [0.4, 0.5) is 0 Å².